The summed E-state index contributed by atoms with van der Waals surface area (Å²) in [5.74, 6) is 2.65. The van der Waals surface area contributed by atoms with Crippen LogP contribution in [-0.4, -0.2) is 48.9 Å². The minimum Gasteiger partial charge on any atom is -0.497 e. The highest BCUT2D eigenvalue weighted by atomic mass is 16.5. The van der Waals surface area contributed by atoms with Crippen LogP contribution in [0.15, 0.2) is 52.7 Å². The van der Waals surface area contributed by atoms with Crippen LogP contribution in [0.1, 0.15) is 37.8 Å². The maximum Gasteiger partial charge on any atom is 0.322 e. The van der Waals surface area contributed by atoms with Crippen LogP contribution in [0.3, 0.4) is 0 Å². The van der Waals surface area contributed by atoms with Crippen LogP contribution >= 0.6 is 0 Å². The van der Waals surface area contributed by atoms with E-state index < -0.39 is 6.04 Å². The first-order chi connectivity index (χ1) is 16.5. The fourth-order valence-electron chi connectivity index (χ4n) is 4.02. The van der Waals surface area contributed by atoms with Crippen LogP contribution in [0.2, 0.25) is 0 Å². The third kappa shape index (κ3) is 4.28. The lowest BCUT2D eigenvalue weighted by atomic mass is 9.94. The van der Waals surface area contributed by atoms with Gasteiger partial charge in [0.15, 0.2) is 11.5 Å². The monoisotopic (exact) mass is 464 g/mol. The number of nitrogens with one attached hydrogen (secondary N) is 1. The fraction of sp³-hybridized carbons (Fsp3) is 0.320. The smallest absolute Gasteiger partial charge is 0.322 e. The van der Waals surface area contributed by atoms with E-state index in [1.165, 1.54) is 0 Å². The molecule has 0 saturated carbocycles. The van der Waals surface area contributed by atoms with E-state index in [1.54, 1.807) is 38.4 Å². The molecule has 1 aromatic heterocycles. The molecule has 2 aromatic carbocycles. The van der Waals surface area contributed by atoms with Gasteiger partial charge < -0.3 is 24.1 Å². The molecule has 0 radical (unpaired) electrons. The van der Waals surface area contributed by atoms with Gasteiger partial charge in [0.25, 0.3) is 5.89 Å². The summed E-state index contributed by atoms with van der Waals surface area (Å²) in [5, 5.41) is 7.30. The summed E-state index contributed by atoms with van der Waals surface area (Å²) in [6.45, 7) is 4.51. The number of allylic oxidation sites excluding steroid dienone is 1. The quantitative estimate of drug-likeness (QED) is 0.517. The lowest BCUT2D eigenvalue weighted by molar-refractivity contribution is 0.205. The van der Waals surface area contributed by atoms with Crippen molar-refractivity contribution >= 4 is 11.6 Å². The van der Waals surface area contributed by atoms with Gasteiger partial charge in [-0.25, -0.2) is 4.79 Å². The second-order valence-corrected chi connectivity index (χ2v) is 7.80. The number of methoxy groups -OCH3 is 3. The largest absolute Gasteiger partial charge is 0.497 e. The number of ether oxygens (including phenoxy) is 3. The first-order valence-corrected chi connectivity index (χ1v) is 11.0. The Labute approximate surface area is 198 Å². The molecule has 0 fully saturated rings. The van der Waals surface area contributed by atoms with Gasteiger partial charge in [-0.15, -0.1) is 0 Å². The topological polar surface area (TPSA) is 99.0 Å². The van der Waals surface area contributed by atoms with Gasteiger partial charge in [-0.05, 0) is 49.2 Å². The standard InChI is InChI=1S/C25H28N4O5/c1-6-13-29-15(2)21(22(26-25(29)30)16-7-10-18(31-3)11-8-16)24-27-23(28-34-24)17-9-12-19(32-4)20(14-17)33-5/h7-12,14,22H,6,13H2,1-5H3,(H,26,30). The zero-order chi connectivity index (χ0) is 24.2. The Balaban J connectivity index is 1.78. The number of rotatable bonds is 8. The molecule has 1 N–H and O–H groups in total. The molecule has 0 aliphatic carbocycles. The van der Waals surface area contributed by atoms with Crippen molar-refractivity contribution in [3.63, 3.8) is 0 Å². The Hall–Kier alpha value is -4.01. The molecule has 0 saturated heterocycles. The van der Waals surface area contributed by atoms with E-state index >= 15 is 0 Å². The third-order valence-corrected chi connectivity index (χ3v) is 5.79. The molecule has 1 unspecified atom stereocenters. The third-order valence-electron chi connectivity index (χ3n) is 5.79. The molecule has 2 heterocycles. The van der Waals surface area contributed by atoms with Crippen molar-refractivity contribution in [1.82, 2.24) is 20.4 Å². The SMILES string of the molecule is CCCN1C(=O)NC(c2ccc(OC)cc2)C(c2nc(-c3ccc(OC)c(OC)c3)no2)=C1C. The molecule has 1 aliphatic rings. The van der Waals surface area contributed by atoms with E-state index in [0.29, 0.717) is 29.8 Å². The first-order valence-electron chi connectivity index (χ1n) is 11.0. The molecule has 2 amide bonds. The summed E-state index contributed by atoms with van der Waals surface area (Å²) >= 11 is 0. The summed E-state index contributed by atoms with van der Waals surface area (Å²) in [5.41, 5.74) is 3.12. The molecule has 9 nitrogen and oxygen atoms in total. The predicted octanol–water partition coefficient (Wildman–Crippen LogP) is 4.67. The number of amides is 2. The average molecular weight is 465 g/mol. The molecule has 0 spiro atoms. The van der Waals surface area contributed by atoms with E-state index in [0.717, 1.165) is 34.6 Å². The zero-order valence-corrected chi connectivity index (χ0v) is 19.9. The van der Waals surface area contributed by atoms with Gasteiger partial charge in [0, 0.05) is 17.8 Å². The molecule has 1 aliphatic heterocycles. The van der Waals surface area contributed by atoms with Gasteiger partial charge in [0.1, 0.15) is 5.75 Å². The predicted molar refractivity (Wildman–Crippen MR) is 127 cm³/mol. The second kappa shape index (κ2) is 9.86. The number of aromatic nitrogens is 2. The Morgan fingerprint density at radius 1 is 1.03 bits per heavy atom. The molecule has 4 rings (SSSR count). The number of benzene rings is 2. The van der Waals surface area contributed by atoms with Gasteiger partial charge in [-0.1, -0.05) is 24.2 Å². The minimum absolute atomic E-state index is 0.163. The van der Waals surface area contributed by atoms with Crippen LogP contribution in [0.4, 0.5) is 4.79 Å². The second-order valence-electron chi connectivity index (χ2n) is 7.80. The molecule has 1 atom stereocenters. The first kappa shape index (κ1) is 23.2. The van der Waals surface area contributed by atoms with Crippen molar-refractivity contribution in [2.45, 2.75) is 26.3 Å². The van der Waals surface area contributed by atoms with Crippen LogP contribution in [0.25, 0.3) is 17.0 Å². The van der Waals surface area contributed by atoms with Crippen molar-refractivity contribution in [1.29, 1.82) is 0 Å². The van der Waals surface area contributed by atoms with Crippen molar-refractivity contribution in [3.8, 4) is 28.6 Å². The minimum atomic E-state index is -0.454. The van der Waals surface area contributed by atoms with E-state index in [9.17, 15) is 4.79 Å². The molecule has 34 heavy (non-hydrogen) atoms. The van der Waals surface area contributed by atoms with E-state index in [2.05, 4.69) is 15.5 Å². The highest BCUT2D eigenvalue weighted by molar-refractivity contribution is 5.86. The number of carbonyl (C=O) groups excluding carboxylic acids is 1. The van der Waals surface area contributed by atoms with Gasteiger partial charge >= 0.3 is 6.03 Å². The molecule has 9 heteroatoms. The molecular weight excluding hydrogens is 436 g/mol. The van der Waals surface area contributed by atoms with Crippen LogP contribution in [-0.2, 0) is 0 Å². The summed E-state index contributed by atoms with van der Waals surface area (Å²) in [6.07, 6.45) is 0.811. The molecule has 0 bridgehead atoms. The van der Waals surface area contributed by atoms with Crippen molar-refractivity contribution in [2.75, 3.05) is 27.9 Å². The van der Waals surface area contributed by atoms with Gasteiger partial charge in [0.05, 0.1) is 32.9 Å². The number of carbonyl (C=O) groups is 1. The average Bonchev–Trinajstić information content (AvgIpc) is 3.35. The highest BCUT2D eigenvalue weighted by Crippen LogP contribution is 2.38. The van der Waals surface area contributed by atoms with E-state index in [1.807, 2.05) is 44.2 Å². The lowest BCUT2D eigenvalue weighted by Crippen LogP contribution is -2.46. The van der Waals surface area contributed by atoms with Gasteiger partial charge in [-0.3, -0.25) is 4.90 Å². The van der Waals surface area contributed by atoms with Gasteiger partial charge in [-0.2, -0.15) is 4.98 Å². The molecular formula is C25H28N4O5. The van der Waals surface area contributed by atoms with Crippen LogP contribution in [0.5, 0.6) is 17.2 Å². The summed E-state index contributed by atoms with van der Waals surface area (Å²) in [6, 6.07) is 12.3. The summed E-state index contributed by atoms with van der Waals surface area (Å²) in [7, 11) is 4.77. The number of nitrogens with zero attached hydrogens (tertiary/aromatic N) is 3. The van der Waals surface area contributed by atoms with E-state index in [4.69, 9.17) is 18.7 Å². The Kier molecular flexibility index (Phi) is 6.72. The normalized spacial score (nSPS) is 15.9. The molecule has 178 valence electrons. The highest BCUT2D eigenvalue weighted by Gasteiger charge is 2.35. The number of hydrogen-bond acceptors (Lipinski definition) is 7. The molecule has 3 aromatic rings. The van der Waals surface area contributed by atoms with Crippen molar-refractivity contribution in [2.24, 2.45) is 0 Å². The Bertz CT molecular complexity index is 1200. The number of hydrogen-bond donors (Lipinski definition) is 1. The number of urea groups is 1. The van der Waals surface area contributed by atoms with Gasteiger partial charge in [0.2, 0.25) is 5.82 Å². The van der Waals surface area contributed by atoms with Crippen molar-refractivity contribution in [3.05, 3.63) is 59.6 Å². The maximum absolute atomic E-state index is 12.9. The van der Waals surface area contributed by atoms with Crippen LogP contribution < -0.4 is 19.5 Å². The summed E-state index contributed by atoms with van der Waals surface area (Å²) in [4.78, 5) is 19.3. The van der Waals surface area contributed by atoms with E-state index in [-0.39, 0.29) is 6.03 Å². The summed E-state index contributed by atoms with van der Waals surface area (Å²) < 4.78 is 21.7. The maximum atomic E-state index is 12.9. The fourth-order valence-corrected chi connectivity index (χ4v) is 4.02. The Morgan fingerprint density at radius 2 is 1.76 bits per heavy atom. The zero-order valence-electron chi connectivity index (χ0n) is 19.9. The lowest BCUT2D eigenvalue weighted by Gasteiger charge is -2.35. The van der Waals surface area contributed by atoms with Crippen molar-refractivity contribution < 1.29 is 23.5 Å². The Morgan fingerprint density at radius 3 is 2.41 bits per heavy atom. The van der Waals surface area contributed by atoms with Crippen LogP contribution in [0, 0.1) is 0 Å².